The van der Waals surface area contributed by atoms with Crippen LogP contribution in [0, 0.1) is 0 Å². The first-order valence-corrected chi connectivity index (χ1v) is 7.42. The third kappa shape index (κ3) is 4.07. The second-order valence-electron chi connectivity index (χ2n) is 4.07. The Hall–Kier alpha value is -1.49. The maximum absolute atomic E-state index is 4.11. The summed E-state index contributed by atoms with van der Waals surface area (Å²) >= 11 is 1.88. The van der Waals surface area contributed by atoms with Gasteiger partial charge in [0.25, 0.3) is 0 Å². The number of aromatic nitrogens is 3. The predicted octanol–water partition coefficient (Wildman–Crippen LogP) is 2.49. The van der Waals surface area contributed by atoms with Crippen LogP contribution in [0.3, 0.4) is 0 Å². The van der Waals surface area contributed by atoms with Crippen molar-refractivity contribution in [3.8, 4) is 0 Å². The van der Waals surface area contributed by atoms with Crippen molar-refractivity contribution < 1.29 is 0 Å². The number of nitrogens with zero attached hydrogens (tertiary/aromatic N) is 3. The van der Waals surface area contributed by atoms with Gasteiger partial charge in [0.05, 0.1) is 6.54 Å². The molecule has 0 bridgehead atoms. The number of thioether (sulfide) groups is 1. The van der Waals surface area contributed by atoms with Gasteiger partial charge in [-0.2, -0.15) is 16.9 Å². The minimum absolute atomic E-state index is 0.764. The molecule has 2 rings (SSSR count). The molecule has 1 N–H and O–H groups in total. The van der Waals surface area contributed by atoms with Gasteiger partial charge in [-0.05, 0) is 36.1 Å². The molecule has 0 unspecified atom stereocenters. The topological polar surface area (TPSA) is 42.7 Å². The molecule has 2 aromatic rings. The second kappa shape index (κ2) is 7.06. The molecule has 96 valence electrons. The Morgan fingerprint density at radius 1 is 1.39 bits per heavy atom. The Morgan fingerprint density at radius 3 is 3.11 bits per heavy atom. The SMILES string of the molecule is CSCCCNc1cccc(Cn2cncn2)c1. The van der Waals surface area contributed by atoms with Gasteiger partial charge in [-0.3, -0.25) is 0 Å². The van der Waals surface area contributed by atoms with Gasteiger partial charge >= 0.3 is 0 Å². The lowest BCUT2D eigenvalue weighted by Gasteiger charge is -2.08. The molecule has 18 heavy (non-hydrogen) atoms. The zero-order valence-corrected chi connectivity index (χ0v) is 11.4. The molecular weight excluding hydrogens is 244 g/mol. The standard InChI is InChI=1S/C13H18N4S/c1-18-7-3-6-15-13-5-2-4-12(8-13)9-17-11-14-10-16-17/h2,4-5,8,10-11,15H,3,6-7,9H2,1H3. The van der Waals surface area contributed by atoms with E-state index in [2.05, 4.69) is 45.9 Å². The fraction of sp³-hybridized carbons (Fsp3) is 0.385. The highest BCUT2D eigenvalue weighted by Crippen LogP contribution is 2.11. The Bertz CT molecular complexity index is 456. The van der Waals surface area contributed by atoms with Crippen molar-refractivity contribution in [2.75, 3.05) is 23.9 Å². The molecule has 5 heteroatoms. The van der Waals surface area contributed by atoms with Crippen molar-refractivity contribution in [2.24, 2.45) is 0 Å². The number of benzene rings is 1. The molecule has 0 spiro atoms. The van der Waals surface area contributed by atoms with Crippen molar-refractivity contribution in [1.29, 1.82) is 0 Å². The molecule has 0 saturated heterocycles. The summed E-state index contributed by atoms with van der Waals surface area (Å²) in [6.07, 6.45) is 6.62. The molecule has 4 nitrogen and oxygen atoms in total. The Balaban J connectivity index is 1.88. The van der Waals surface area contributed by atoms with Gasteiger partial charge in [-0.15, -0.1) is 0 Å². The van der Waals surface area contributed by atoms with Gasteiger partial charge in [-0.25, -0.2) is 9.67 Å². The highest BCUT2D eigenvalue weighted by molar-refractivity contribution is 7.98. The van der Waals surface area contributed by atoms with E-state index in [1.54, 1.807) is 12.7 Å². The molecule has 1 heterocycles. The minimum Gasteiger partial charge on any atom is -0.385 e. The molecule has 0 fully saturated rings. The van der Waals surface area contributed by atoms with E-state index in [9.17, 15) is 0 Å². The molecule has 1 aromatic heterocycles. The Kier molecular flexibility index (Phi) is 5.08. The fourth-order valence-electron chi connectivity index (χ4n) is 1.73. The highest BCUT2D eigenvalue weighted by atomic mass is 32.2. The number of anilines is 1. The number of nitrogens with one attached hydrogen (secondary N) is 1. The zero-order valence-electron chi connectivity index (χ0n) is 10.5. The lowest BCUT2D eigenvalue weighted by atomic mass is 10.2. The van der Waals surface area contributed by atoms with Crippen LogP contribution in [0.5, 0.6) is 0 Å². The van der Waals surface area contributed by atoms with Gasteiger partial charge in [-0.1, -0.05) is 12.1 Å². The quantitative estimate of drug-likeness (QED) is 0.779. The van der Waals surface area contributed by atoms with Gasteiger partial charge < -0.3 is 5.32 Å². The summed E-state index contributed by atoms with van der Waals surface area (Å²) in [7, 11) is 0. The average molecular weight is 262 g/mol. The smallest absolute Gasteiger partial charge is 0.137 e. The maximum Gasteiger partial charge on any atom is 0.137 e. The van der Waals surface area contributed by atoms with Crippen molar-refractivity contribution in [2.45, 2.75) is 13.0 Å². The fourth-order valence-corrected chi connectivity index (χ4v) is 2.16. The summed E-state index contributed by atoms with van der Waals surface area (Å²) in [6.45, 7) is 1.79. The number of hydrogen-bond donors (Lipinski definition) is 1. The molecule has 1 aromatic carbocycles. The third-order valence-corrected chi connectivity index (χ3v) is 3.29. The molecular formula is C13H18N4S. The zero-order chi connectivity index (χ0) is 12.6. The van der Waals surface area contributed by atoms with E-state index in [-0.39, 0.29) is 0 Å². The lowest BCUT2D eigenvalue weighted by molar-refractivity contribution is 0.685. The van der Waals surface area contributed by atoms with E-state index in [0.29, 0.717) is 0 Å². The first-order chi connectivity index (χ1) is 8.88. The molecule has 0 amide bonds. The van der Waals surface area contributed by atoms with Gasteiger partial charge in [0.15, 0.2) is 0 Å². The summed E-state index contributed by atoms with van der Waals surface area (Å²) in [5.41, 5.74) is 2.41. The summed E-state index contributed by atoms with van der Waals surface area (Å²) in [5.74, 6) is 1.20. The highest BCUT2D eigenvalue weighted by Gasteiger charge is 1.97. The summed E-state index contributed by atoms with van der Waals surface area (Å²) < 4.78 is 1.83. The van der Waals surface area contributed by atoms with E-state index in [0.717, 1.165) is 13.1 Å². The van der Waals surface area contributed by atoms with Gasteiger partial charge in [0, 0.05) is 12.2 Å². The van der Waals surface area contributed by atoms with Crippen molar-refractivity contribution >= 4 is 17.4 Å². The molecule has 0 atom stereocenters. The van der Waals surface area contributed by atoms with Crippen LogP contribution in [0.25, 0.3) is 0 Å². The monoisotopic (exact) mass is 262 g/mol. The predicted molar refractivity (Wildman–Crippen MR) is 77.1 cm³/mol. The van der Waals surface area contributed by atoms with Crippen molar-refractivity contribution in [1.82, 2.24) is 14.8 Å². The maximum atomic E-state index is 4.11. The van der Waals surface area contributed by atoms with Crippen molar-refractivity contribution in [3.63, 3.8) is 0 Å². The van der Waals surface area contributed by atoms with Crippen LogP contribution >= 0.6 is 11.8 Å². The molecule has 0 saturated carbocycles. The number of rotatable bonds is 7. The largest absolute Gasteiger partial charge is 0.385 e. The second-order valence-corrected chi connectivity index (χ2v) is 5.05. The summed E-state index contributed by atoms with van der Waals surface area (Å²) in [6, 6.07) is 8.45. The Morgan fingerprint density at radius 2 is 2.33 bits per heavy atom. The van der Waals surface area contributed by atoms with Gasteiger partial charge in [0.1, 0.15) is 12.7 Å². The van der Waals surface area contributed by atoms with E-state index < -0.39 is 0 Å². The normalized spacial score (nSPS) is 10.5. The van der Waals surface area contributed by atoms with E-state index in [1.165, 1.54) is 23.4 Å². The van der Waals surface area contributed by atoms with Crippen LogP contribution in [0.1, 0.15) is 12.0 Å². The van der Waals surface area contributed by atoms with Crippen LogP contribution in [0.4, 0.5) is 5.69 Å². The molecule has 0 aliphatic carbocycles. The van der Waals surface area contributed by atoms with Crippen LogP contribution in [-0.2, 0) is 6.54 Å². The Labute approximate surface area is 112 Å². The third-order valence-electron chi connectivity index (χ3n) is 2.59. The van der Waals surface area contributed by atoms with Crippen LogP contribution < -0.4 is 5.32 Å². The van der Waals surface area contributed by atoms with Crippen LogP contribution in [-0.4, -0.2) is 33.3 Å². The minimum atomic E-state index is 0.764. The summed E-state index contributed by atoms with van der Waals surface area (Å²) in [4.78, 5) is 3.94. The molecule has 0 aliphatic heterocycles. The summed E-state index contributed by atoms with van der Waals surface area (Å²) in [5, 5.41) is 7.55. The first-order valence-electron chi connectivity index (χ1n) is 6.02. The van der Waals surface area contributed by atoms with E-state index in [4.69, 9.17) is 0 Å². The van der Waals surface area contributed by atoms with Gasteiger partial charge in [0.2, 0.25) is 0 Å². The first kappa shape index (κ1) is 13.0. The van der Waals surface area contributed by atoms with Crippen molar-refractivity contribution in [3.05, 3.63) is 42.5 Å². The van der Waals surface area contributed by atoms with Crippen LogP contribution in [0.15, 0.2) is 36.9 Å². The average Bonchev–Trinajstić information content (AvgIpc) is 2.88. The lowest BCUT2D eigenvalue weighted by Crippen LogP contribution is -2.04. The van der Waals surface area contributed by atoms with E-state index in [1.807, 2.05) is 16.4 Å². The van der Waals surface area contributed by atoms with E-state index >= 15 is 0 Å². The molecule has 0 radical (unpaired) electrons. The molecule has 0 aliphatic rings. The van der Waals surface area contributed by atoms with Crippen LogP contribution in [0.2, 0.25) is 0 Å². The number of hydrogen-bond acceptors (Lipinski definition) is 4.